The second-order valence-electron chi connectivity index (χ2n) is 9.81. The summed E-state index contributed by atoms with van der Waals surface area (Å²) >= 11 is 3.59. The van der Waals surface area contributed by atoms with Crippen molar-refractivity contribution in [1.82, 2.24) is 15.2 Å². The lowest BCUT2D eigenvalue weighted by molar-refractivity contribution is 0.122. The van der Waals surface area contributed by atoms with Crippen molar-refractivity contribution in [1.29, 1.82) is 0 Å². The number of aromatic amines is 1. The molecule has 2 fully saturated rings. The van der Waals surface area contributed by atoms with Crippen LogP contribution in [0.4, 0.5) is 11.4 Å². The van der Waals surface area contributed by atoms with Gasteiger partial charge in [-0.1, -0.05) is 35.7 Å². The highest BCUT2D eigenvalue weighted by atomic mass is 32.2. The summed E-state index contributed by atoms with van der Waals surface area (Å²) in [6.45, 7) is 10.7. The highest BCUT2D eigenvalue weighted by Gasteiger charge is 2.23. The molecule has 4 heterocycles. The Morgan fingerprint density at radius 2 is 1.81 bits per heavy atom. The van der Waals surface area contributed by atoms with Crippen LogP contribution in [0.15, 0.2) is 72.9 Å². The van der Waals surface area contributed by atoms with Crippen molar-refractivity contribution < 1.29 is 4.74 Å². The Morgan fingerprint density at radius 3 is 2.65 bits per heavy atom. The molecule has 0 bridgehead atoms. The maximum Gasteiger partial charge on any atom is 0.250 e. The Morgan fingerprint density at radius 1 is 0.973 bits per heavy atom. The van der Waals surface area contributed by atoms with Crippen LogP contribution in [0.1, 0.15) is 6.92 Å². The minimum atomic E-state index is -0.0730. The number of morpholine rings is 1. The number of anilines is 2. The number of fused-ring (bicyclic) bond motifs is 2. The number of rotatable bonds is 6. The normalized spacial score (nSPS) is 18.7. The van der Waals surface area contributed by atoms with Crippen LogP contribution in [0, 0.1) is 0 Å². The molecule has 1 unspecified atom stereocenters. The summed E-state index contributed by atoms with van der Waals surface area (Å²) in [5, 5.41) is 7.13. The van der Waals surface area contributed by atoms with E-state index in [1.165, 1.54) is 19.6 Å². The molecule has 1 aromatic heterocycles. The minimum absolute atomic E-state index is 0.0730. The van der Waals surface area contributed by atoms with Gasteiger partial charge in [-0.25, -0.2) is 0 Å². The van der Waals surface area contributed by atoms with Crippen LogP contribution in [0.25, 0.3) is 11.3 Å². The molecule has 0 saturated carbocycles. The summed E-state index contributed by atoms with van der Waals surface area (Å²) in [7, 11) is 0. The van der Waals surface area contributed by atoms with Crippen molar-refractivity contribution in [3.05, 3.63) is 58.9 Å². The van der Waals surface area contributed by atoms with Gasteiger partial charge in [-0.15, -0.1) is 0 Å². The number of hydrogen-bond acceptors (Lipinski definition) is 8. The Hall–Kier alpha value is -2.43. The van der Waals surface area contributed by atoms with E-state index < -0.39 is 0 Å². The summed E-state index contributed by atoms with van der Waals surface area (Å²) in [6.07, 6.45) is 0. The molecule has 3 N–H and O–H groups in total. The average Bonchev–Trinajstić information content (AvgIpc) is 2.92. The molecule has 2 aromatic carbocycles. The first-order chi connectivity index (χ1) is 18.1. The topological polar surface area (TPSA) is 72.6 Å². The number of nitrogens with one attached hydrogen (secondary N) is 3. The van der Waals surface area contributed by atoms with Crippen LogP contribution >= 0.6 is 23.5 Å². The highest BCUT2D eigenvalue weighted by Crippen LogP contribution is 2.52. The second kappa shape index (κ2) is 11.1. The molecule has 3 aromatic rings. The summed E-state index contributed by atoms with van der Waals surface area (Å²) in [4.78, 5) is 25.4. The van der Waals surface area contributed by atoms with E-state index >= 15 is 0 Å². The van der Waals surface area contributed by atoms with Crippen molar-refractivity contribution in [2.75, 3.05) is 69.2 Å². The van der Waals surface area contributed by atoms with Crippen molar-refractivity contribution in [3.8, 4) is 11.3 Å². The fourth-order valence-electron chi connectivity index (χ4n) is 5.19. The predicted molar refractivity (Wildman–Crippen MR) is 153 cm³/mol. The number of H-pyrrole nitrogens is 1. The Balaban J connectivity index is 1.22. The molecule has 194 valence electrons. The van der Waals surface area contributed by atoms with Crippen LogP contribution in [0.3, 0.4) is 0 Å². The van der Waals surface area contributed by atoms with Gasteiger partial charge in [0.25, 0.3) is 0 Å². The van der Waals surface area contributed by atoms with E-state index in [0.717, 1.165) is 68.4 Å². The van der Waals surface area contributed by atoms with E-state index in [1.807, 2.05) is 0 Å². The summed E-state index contributed by atoms with van der Waals surface area (Å²) in [5.74, 6) is 0. The van der Waals surface area contributed by atoms with Gasteiger partial charge in [-0.2, -0.15) is 0 Å². The molecule has 0 aliphatic carbocycles. The molecule has 1 atom stereocenters. The third-order valence-corrected chi connectivity index (χ3v) is 9.60. The first kappa shape index (κ1) is 24.9. The van der Waals surface area contributed by atoms with Gasteiger partial charge in [0.1, 0.15) is 0 Å². The third-order valence-electron chi connectivity index (χ3n) is 7.00. The molecule has 9 heteroatoms. The number of aromatic nitrogens is 1. The lowest BCUT2D eigenvalue weighted by Gasteiger charge is -2.30. The van der Waals surface area contributed by atoms with Gasteiger partial charge in [0, 0.05) is 94.4 Å². The van der Waals surface area contributed by atoms with Gasteiger partial charge in [0.2, 0.25) is 5.56 Å². The van der Waals surface area contributed by atoms with Crippen molar-refractivity contribution >= 4 is 34.9 Å². The molecule has 3 aliphatic rings. The molecule has 0 amide bonds. The molecule has 2 saturated heterocycles. The molecule has 7 nitrogen and oxygen atoms in total. The summed E-state index contributed by atoms with van der Waals surface area (Å²) in [6, 6.07) is 17.2. The van der Waals surface area contributed by atoms with Gasteiger partial charge in [-0.3, -0.25) is 9.69 Å². The van der Waals surface area contributed by atoms with Crippen LogP contribution < -0.4 is 21.1 Å². The molecular weight excluding hydrogens is 502 g/mol. The highest BCUT2D eigenvalue weighted by molar-refractivity contribution is 8.05. The van der Waals surface area contributed by atoms with E-state index in [9.17, 15) is 4.79 Å². The van der Waals surface area contributed by atoms with Crippen LogP contribution in [0.5, 0.6) is 0 Å². The van der Waals surface area contributed by atoms with Gasteiger partial charge in [0.15, 0.2) is 0 Å². The maximum atomic E-state index is 12.6. The largest absolute Gasteiger partial charge is 0.381 e. The van der Waals surface area contributed by atoms with Gasteiger partial charge < -0.3 is 25.3 Å². The first-order valence-corrected chi connectivity index (χ1v) is 14.7. The molecule has 6 rings (SSSR count). The van der Waals surface area contributed by atoms with E-state index in [0.29, 0.717) is 19.3 Å². The SMILES string of the molecule is CC(CN1CCNCC1)Nc1ccc2c(c1)Sc1cccc(-c3cc(N4CCOCC4)cc(=O)[nH]3)c1S2. The zero-order chi connectivity index (χ0) is 25.2. The van der Waals surface area contributed by atoms with E-state index in [1.54, 1.807) is 29.6 Å². The fraction of sp³-hybridized carbons (Fsp3) is 0.393. The number of hydrogen-bond donors (Lipinski definition) is 3. The van der Waals surface area contributed by atoms with Gasteiger partial charge >= 0.3 is 0 Å². The molecular formula is C28H33N5O2S2. The van der Waals surface area contributed by atoms with Gasteiger partial charge in [-0.05, 0) is 37.3 Å². The van der Waals surface area contributed by atoms with Crippen LogP contribution in [-0.4, -0.2) is 75.0 Å². The number of piperazine rings is 1. The Labute approximate surface area is 226 Å². The number of benzene rings is 2. The van der Waals surface area contributed by atoms with E-state index in [4.69, 9.17) is 4.74 Å². The van der Waals surface area contributed by atoms with Crippen molar-refractivity contribution in [2.45, 2.75) is 32.5 Å². The van der Waals surface area contributed by atoms with E-state index in [-0.39, 0.29) is 5.56 Å². The fourth-order valence-corrected chi connectivity index (χ4v) is 7.61. The van der Waals surface area contributed by atoms with Crippen molar-refractivity contribution in [2.24, 2.45) is 0 Å². The average molecular weight is 536 g/mol. The lowest BCUT2D eigenvalue weighted by Crippen LogP contribution is -2.47. The third kappa shape index (κ3) is 5.71. The second-order valence-corrected chi connectivity index (χ2v) is 11.9. The summed E-state index contributed by atoms with van der Waals surface area (Å²) in [5.41, 5.74) is 3.98. The number of pyridine rings is 1. The zero-order valence-electron chi connectivity index (χ0n) is 21.1. The number of nitrogens with zero attached hydrogens (tertiary/aromatic N) is 2. The quantitative estimate of drug-likeness (QED) is 0.339. The van der Waals surface area contributed by atoms with Crippen LogP contribution in [0.2, 0.25) is 0 Å². The van der Waals surface area contributed by atoms with Gasteiger partial charge in [0.05, 0.1) is 18.9 Å². The molecule has 3 aliphatic heterocycles. The minimum Gasteiger partial charge on any atom is -0.381 e. The first-order valence-electron chi connectivity index (χ1n) is 13.0. The standard InChI is InChI=1S/C28H33N5O2S2/c1-19(18-32-9-7-29-8-10-32)30-20-5-6-24-26(15-20)36-25-4-2-3-22(28(25)37-24)23-16-21(17-27(34)31-23)33-11-13-35-14-12-33/h2-6,15-17,19,29-30H,7-14,18H2,1H3,(H,31,34). The molecule has 0 spiro atoms. The monoisotopic (exact) mass is 535 g/mol. The smallest absolute Gasteiger partial charge is 0.250 e. The van der Waals surface area contributed by atoms with Crippen molar-refractivity contribution in [3.63, 3.8) is 0 Å². The molecule has 0 radical (unpaired) electrons. The van der Waals surface area contributed by atoms with E-state index in [2.05, 4.69) is 74.8 Å². The predicted octanol–water partition coefficient (Wildman–Crippen LogP) is 4.20. The lowest BCUT2D eigenvalue weighted by atomic mass is 10.1. The Bertz CT molecular complexity index is 1320. The maximum absolute atomic E-state index is 12.6. The summed E-state index contributed by atoms with van der Waals surface area (Å²) < 4.78 is 5.49. The van der Waals surface area contributed by atoms with Crippen LogP contribution in [-0.2, 0) is 4.74 Å². The Kier molecular flexibility index (Phi) is 7.48. The molecule has 37 heavy (non-hydrogen) atoms. The zero-order valence-corrected chi connectivity index (χ0v) is 22.7. The number of ether oxygens (including phenoxy) is 1.